The maximum absolute atomic E-state index is 12.8. The molecule has 0 radical (unpaired) electrons. The Bertz CT molecular complexity index is 436. The maximum atomic E-state index is 12.8. The van der Waals surface area contributed by atoms with E-state index in [0.29, 0.717) is 19.3 Å². The second kappa shape index (κ2) is 7.29. The second-order valence-electron chi connectivity index (χ2n) is 5.39. The van der Waals surface area contributed by atoms with Crippen molar-refractivity contribution in [2.75, 3.05) is 6.61 Å². The molecule has 5 nitrogen and oxygen atoms in total. The summed E-state index contributed by atoms with van der Waals surface area (Å²) < 4.78 is 18.2. The van der Waals surface area contributed by atoms with Crippen LogP contribution in [0.1, 0.15) is 18.4 Å². The first kappa shape index (κ1) is 16.3. The summed E-state index contributed by atoms with van der Waals surface area (Å²) in [6.45, 7) is -0.417. The average molecular weight is 300 g/mol. The molecule has 1 unspecified atom stereocenters. The van der Waals surface area contributed by atoms with E-state index < -0.39 is 37.1 Å². The summed E-state index contributed by atoms with van der Waals surface area (Å²) in [4.78, 5) is 0. The SMILES string of the molecule is OC[C@H]1OC(CCCc2ccc(F)cc2)[C@H](O)[C@@H](O)[C@@H]1O. The molecule has 4 N–H and O–H groups in total. The van der Waals surface area contributed by atoms with Crippen molar-refractivity contribution in [1.82, 2.24) is 0 Å². The normalized spacial score (nSPS) is 33.1. The van der Waals surface area contributed by atoms with E-state index in [1.807, 2.05) is 0 Å². The molecule has 2 rings (SSSR count). The molecule has 1 aliphatic rings. The smallest absolute Gasteiger partial charge is 0.123 e. The number of aryl methyl sites for hydroxylation is 1. The van der Waals surface area contributed by atoms with Gasteiger partial charge in [-0.25, -0.2) is 4.39 Å². The molecule has 0 bridgehead atoms. The third-order valence-electron chi connectivity index (χ3n) is 3.86. The van der Waals surface area contributed by atoms with Crippen LogP contribution in [-0.4, -0.2) is 57.6 Å². The number of halogens is 1. The highest BCUT2D eigenvalue weighted by atomic mass is 19.1. The van der Waals surface area contributed by atoms with Crippen LogP contribution in [0.4, 0.5) is 4.39 Å². The lowest BCUT2D eigenvalue weighted by Crippen LogP contribution is -2.58. The molecule has 0 saturated carbocycles. The Morgan fingerprint density at radius 1 is 0.952 bits per heavy atom. The first-order valence-electron chi connectivity index (χ1n) is 7.08. The zero-order chi connectivity index (χ0) is 15.4. The number of ether oxygens (including phenoxy) is 1. The lowest BCUT2D eigenvalue weighted by Gasteiger charge is -2.40. The third-order valence-corrected chi connectivity index (χ3v) is 3.86. The van der Waals surface area contributed by atoms with Crippen LogP contribution in [0.2, 0.25) is 0 Å². The summed E-state index contributed by atoms with van der Waals surface area (Å²) in [6.07, 6.45) is -3.50. The van der Waals surface area contributed by atoms with E-state index in [4.69, 9.17) is 9.84 Å². The highest BCUT2D eigenvalue weighted by Gasteiger charge is 2.42. The van der Waals surface area contributed by atoms with E-state index in [1.54, 1.807) is 12.1 Å². The molecule has 1 fully saturated rings. The Kier molecular flexibility index (Phi) is 5.66. The molecule has 1 aliphatic heterocycles. The molecule has 1 aromatic carbocycles. The molecule has 0 aromatic heterocycles. The van der Waals surface area contributed by atoms with Crippen LogP contribution < -0.4 is 0 Å². The van der Waals surface area contributed by atoms with Gasteiger partial charge in [0.2, 0.25) is 0 Å². The standard InChI is InChI=1S/C15H21FO5/c16-10-6-4-9(5-7-10)2-1-3-11-13(18)15(20)14(19)12(8-17)21-11/h4-7,11-15,17-20H,1-3,8H2/t11?,12-,13+,14-,15-/m1/s1. The van der Waals surface area contributed by atoms with Gasteiger partial charge in [-0.05, 0) is 37.0 Å². The molecule has 1 heterocycles. The Morgan fingerprint density at radius 2 is 1.57 bits per heavy atom. The molecule has 0 aliphatic carbocycles. The first-order valence-corrected chi connectivity index (χ1v) is 7.08. The topological polar surface area (TPSA) is 90.2 Å². The summed E-state index contributed by atoms with van der Waals surface area (Å²) in [7, 11) is 0. The van der Waals surface area contributed by atoms with Gasteiger partial charge in [0.05, 0.1) is 12.7 Å². The predicted octanol–water partition coefficient (Wildman–Crippen LogP) is -0.00920. The Balaban J connectivity index is 1.85. The average Bonchev–Trinajstić information content (AvgIpc) is 2.49. The molecule has 6 heteroatoms. The van der Waals surface area contributed by atoms with Crippen LogP contribution in [-0.2, 0) is 11.2 Å². The molecule has 0 spiro atoms. The van der Waals surface area contributed by atoms with Gasteiger partial charge in [0.25, 0.3) is 0 Å². The van der Waals surface area contributed by atoms with E-state index in [0.717, 1.165) is 5.56 Å². The number of aliphatic hydroxyl groups is 4. The third kappa shape index (κ3) is 3.99. The van der Waals surface area contributed by atoms with Gasteiger partial charge in [-0.3, -0.25) is 0 Å². The number of hydrogen-bond donors (Lipinski definition) is 4. The van der Waals surface area contributed by atoms with Crippen LogP contribution in [0.3, 0.4) is 0 Å². The van der Waals surface area contributed by atoms with Crippen molar-refractivity contribution in [1.29, 1.82) is 0 Å². The van der Waals surface area contributed by atoms with E-state index in [9.17, 15) is 19.7 Å². The fourth-order valence-corrected chi connectivity index (χ4v) is 2.58. The quantitative estimate of drug-likeness (QED) is 0.614. The minimum atomic E-state index is -1.33. The van der Waals surface area contributed by atoms with E-state index in [2.05, 4.69) is 0 Å². The summed E-state index contributed by atoms with van der Waals surface area (Å²) in [5, 5.41) is 38.3. The van der Waals surface area contributed by atoms with Gasteiger partial charge in [-0.2, -0.15) is 0 Å². The van der Waals surface area contributed by atoms with Crippen molar-refractivity contribution in [2.45, 2.75) is 49.8 Å². The van der Waals surface area contributed by atoms with Crippen LogP contribution in [0, 0.1) is 5.82 Å². The largest absolute Gasteiger partial charge is 0.394 e. The Hall–Kier alpha value is -1.05. The van der Waals surface area contributed by atoms with Crippen LogP contribution >= 0.6 is 0 Å². The number of rotatable bonds is 5. The molecule has 118 valence electrons. The van der Waals surface area contributed by atoms with Gasteiger partial charge in [0.15, 0.2) is 0 Å². The minimum Gasteiger partial charge on any atom is -0.394 e. The van der Waals surface area contributed by atoms with Crippen molar-refractivity contribution < 1.29 is 29.6 Å². The summed E-state index contributed by atoms with van der Waals surface area (Å²) in [6, 6.07) is 6.18. The van der Waals surface area contributed by atoms with Gasteiger partial charge in [-0.15, -0.1) is 0 Å². The van der Waals surface area contributed by atoms with Gasteiger partial charge in [-0.1, -0.05) is 12.1 Å². The summed E-state index contributed by atoms with van der Waals surface area (Å²) >= 11 is 0. The molecule has 1 aromatic rings. The van der Waals surface area contributed by atoms with Gasteiger partial charge in [0.1, 0.15) is 30.2 Å². The second-order valence-corrected chi connectivity index (χ2v) is 5.39. The zero-order valence-electron chi connectivity index (χ0n) is 11.6. The van der Waals surface area contributed by atoms with E-state index in [1.165, 1.54) is 12.1 Å². The number of benzene rings is 1. The first-order chi connectivity index (χ1) is 10.0. The van der Waals surface area contributed by atoms with Crippen molar-refractivity contribution in [3.8, 4) is 0 Å². The maximum Gasteiger partial charge on any atom is 0.123 e. The van der Waals surface area contributed by atoms with E-state index in [-0.39, 0.29) is 5.82 Å². The van der Waals surface area contributed by atoms with Crippen LogP contribution in [0.25, 0.3) is 0 Å². The fourth-order valence-electron chi connectivity index (χ4n) is 2.58. The lowest BCUT2D eigenvalue weighted by atomic mass is 9.92. The molecular weight excluding hydrogens is 279 g/mol. The van der Waals surface area contributed by atoms with Crippen LogP contribution in [0.5, 0.6) is 0 Å². The minimum absolute atomic E-state index is 0.285. The molecule has 5 atom stereocenters. The van der Waals surface area contributed by atoms with Crippen molar-refractivity contribution in [3.05, 3.63) is 35.6 Å². The number of aliphatic hydroxyl groups excluding tert-OH is 4. The van der Waals surface area contributed by atoms with Crippen molar-refractivity contribution >= 4 is 0 Å². The lowest BCUT2D eigenvalue weighted by molar-refractivity contribution is -0.230. The molecular formula is C15H21FO5. The Labute approximate surface area is 122 Å². The molecule has 21 heavy (non-hydrogen) atoms. The van der Waals surface area contributed by atoms with Gasteiger partial charge in [0, 0.05) is 0 Å². The van der Waals surface area contributed by atoms with Gasteiger partial charge < -0.3 is 25.2 Å². The Morgan fingerprint density at radius 3 is 2.19 bits per heavy atom. The predicted molar refractivity (Wildman–Crippen MR) is 73.1 cm³/mol. The summed E-state index contributed by atoms with van der Waals surface area (Å²) in [5.74, 6) is -0.285. The number of hydrogen-bond acceptors (Lipinski definition) is 5. The monoisotopic (exact) mass is 300 g/mol. The zero-order valence-corrected chi connectivity index (χ0v) is 11.6. The molecule has 1 saturated heterocycles. The molecule has 0 amide bonds. The van der Waals surface area contributed by atoms with Crippen molar-refractivity contribution in [3.63, 3.8) is 0 Å². The van der Waals surface area contributed by atoms with Gasteiger partial charge >= 0.3 is 0 Å². The highest BCUT2D eigenvalue weighted by molar-refractivity contribution is 5.16. The summed E-state index contributed by atoms with van der Waals surface area (Å²) in [5.41, 5.74) is 0.973. The highest BCUT2D eigenvalue weighted by Crippen LogP contribution is 2.24. The van der Waals surface area contributed by atoms with Crippen LogP contribution in [0.15, 0.2) is 24.3 Å². The fraction of sp³-hybridized carbons (Fsp3) is 0.600. The van der Waals surface area contributed by atoms with Crippen molar-refractivity contribution in [2.24, 2.45) is 0 Å². The van der Waals surface area contributed by atoms with E-state index >= 15 is 0 Å².